The molecular formula is C17H29NOS. The fraction of sp³-hybridized carbons (Fsp3) is 0.647. The molecule has 0 radical (unpaired) electrons. The lowest BCUT2D eigenvalue weighted by Gasteiger charge is -2.20. The normalized spacial score (nSPS) is 14.0. The van der Waals surface area contributed by atoms with Crippen LogP contribution in [0.5, 0.6) is 5.75 Å². The van der Waals surface area contributed by atoms with Gasteiger partial charge in [-0.05, 0) is 62.3 Å². The highest BCUT2D eigenvalue weighted by atomic mass is 32.2. The zero-order chi connectivity index (χ0) is 14.8. The van der Waals surface area contributed by atoms with Gasteiger partial charge < -0.3 is 10.1 Å². The van der Waals surface area contributed by atoms with Gasteiger partial charge in [0.25, 0.3) is 0 Å². The molecule has 1 N–H and O–H groups in total. The highest BCUT2D eigenvalue weighted by molar-refractivity contribution is 7.99. The van der Waals surface area contributed by atoms with Crippen LogP contribution in [0.25, 0.3) is 0 Å². The van der Waals surface area contributed by atoms with Gasteiger partial charge in [0.1, 0.15) is 5.75 Å². The number of rotatable bonds is 10. The molecule has 0 aliphatic carbocycles. The van der Waals surface area contributed by atoms with Crippen LogP contribution in [0.3, 0.4) is 0 Å². The van der Waals surface area contributed by atoms with Gasteiger partial charge in [-0.2, -0.15) is 11.8 Å². The van der Waals surface area contributed by atoms with E-state index in [2.05, 4.69) is 38.2 Å². The van der Waals surface area contributed by atoms with Gasteiger partial charge in [-0.15, -0.1) is 0 Å². The van der Waals surface area contributed by atoms with Gasteiger partial charge in [0.2, 0.25) is 0 Å². The maximum Gasteiger partial charge on any atom is 0.118 e. The van der Waals surface area contributed by atoms with Crippen LogP contribution in [0.15, 0.2) is 24.3 Å². The smallest absolute Gasteiger partial charge is 0.118 e. The topological polar surface area (TPSA) is 21.3 Å². The molecule has 114 valence electrons. The number of nitrogens with one attached hydrogen (secondary N) is 1. The molecule has 3 heteroatoms. The molecule has 2 atom stereocenters. The van der Waals surface area contributed by atoms with Crippen molar-refractivity contribution in [3.8, 4) is 5.75 Å². The van der Waals surface area contributed by atoms with Crippen molar-refractivity contribution in [1.82, 2.24) is 5.32 Å². The maximum atomic E-state index is 5.18. The molecule has 0 spiro atoms. The molecule has 0 heterocycles. The fourth-order valence-electron chi connectivity index (χ4n) is 2.23. The summed E-state index contributed by atoms with van der Waals surface area (Å²) in [7, 11) is 1.71. The van der Waals surface area contributed by atoms with Crippen molar-refractivity contribution in [2.45, 2.75) is 52.1 Å². The molecule has 0 saturated heterocycles. The van der Waals surface area contributed by atoms with Gasteiger partial charge in [0, 0.05) is 12.1 Å². The molecule has 0 aliphatic rings. The molecule has 0 saturated carbocycles. The Balaban J connectivity index is 2.22. The average molecular weight is 295 g/mol. The van der Waals surface area contributed by atoms with Crippen molar-refractivity contribution in [2.24, 2.45) is 0 Å². The van der Waals surface area contributed by atoms with E-state index >= 15 is 0 Å². The molecule has 0 aliphatic heterocycles. The van der Waals surface area contributed by atoms with Gasteiger partial charge >= 0.3 is 0 Å². The summed E-state index contributed by atoms with van der Waals surface area (Å²) in [6, 6.07) is 9.58. The summed E-state index contributed by atoms with van der Waals surface area (Å²) in [6.07, 6.45) is 3.55. The van der Waals surface area contributed by atoms with Crippen LogP contribution in [0.1, 0.15) is 39.2 Å². The van der Waals surface area contributed by atoms with Crippen LogP contribution >= 0.6 is 11.8 Å². The first kappa shape index (κ1) is 17.4. The van der Waals surface area contributed by atoms with E-state index in [-0.39, 0.29) is 0 Å². The minimum absolute atomic E-state index is 0.568. The SMILES string of the molecule is CCSCCC(C)NC(C)CCc1ccc(OC)cc1. The van der Waals surface area contributed by atoms with Crippen LogP contribution in [0, 0.1) is 0 Å². The minimum atomic E-state index is 0.568. The highest BCUT2D eigenvalue weighted by Gasteiger charge is 2.07. The lowest BCUT2D eigenvalue weighted by molar-refractivity contribution is 0.414. The number of ether oxygens (including phenoxy) is 1. The van der Waals surface area contributed by atoms with Gasteiger partial charge in [-0.25, -0.2) is 0 Å². The van der Waals surface area contributed by atoms with Crippen LogP contribution < -0.4 is 10.1 Å². The number of benzene rings is 1. The minimum Gasteiger partial charge on any atom is -0.497 e. The van der Waals surface area contributed by atoms with Crippen molar-refractivity contribution in [3.63, 3.8) is 0 Å². The van der Waals surface area contributed by atoms with E-state index in [0.717, 1.165) is 12.2 Å². The lowest BCUT2D eigenvalue weighted by Crippen LogP contribution is -2.35. The standard InChI is InChI=1S/C17H29NOS/c1-5-20-13-12-15(3)18-14(2)6-7-16-8-10-17(19-4)11-9-16/h8-11,14-15,18H,5-7,12-13H2,1-4H3. The van der Waals surface area contributed by atoms with Crippen molar-refractivity contribution < 1.29 is 4.74 Å². The Hall–Kier alpha value is -0.670. The third kappa shape index (κ3) is 7.20. The monoisotopic (exact) mass is 295 g/mol. The van der Waals surface area contributed by atoms with Gasteiger partial charge in [0.05, 0.1) is 7.11 Å². The summed E-state index contributed by atoms with van der Waals surface area (Å²) in [4.78, 5) is 0. The van der Waals surface area contributed by atoms with Crippen LogP contribution in [0.2, 0.25) is 0 Å². The summed E-state index contributed by atoms with van der Waals surface area (Å²) < 4.78 is 5.18. The van der Waals surface area contributed by atoms with E-state index < -0.39 is 0 Å². The molecule has 2 unspecified atom stereocenters. The maximum absolute atomic E-state index is 5.18. The molecule has 0 aromatic heterocycles. The summed E-state index contributed by atoms with van der Waals surface area (Å²) in [5, 5.41) is 3.69. The Kier molecular flexibility index (Phi) is 8.79. The predicted octanol–water partition coefficient (Wildman–Crippen LogP) is 4.14. The van der Waals surface area contributed by atoms with E-state index in [0.29, 0.717) is 12.1 Å². The molecule has 0 bridgehead atoms. The highest BCUT2D eigenvalue weighted by Crippen LogP contribution is 2.13. The van der Waals surface area contributed by atoms with Gasteiger partial charge in [0.15, 0.2) is 0 Å². The third-order valence-electron chi connectivity index (χ3n) is 3.49. The predicted molar refractivity (Wildman–Crippen MR) is 91.0 cm³/mol. The Morgan fingerprint density at radius 1 is 1.10 bits per heavy atom. The molecule has 1 aromatic carbocycles. The van der Waals surface area contributed by atoms with Crippen molar-refractivity contribution in [3.05, 3.63) is 29.8 Å². The van der Waals surface area contributed by atoms with Crippen LogP contribution in [-0.2, 0) is 6.42 Å². The molecule has 0 fully saturated rings. The van der Waals surface area contributed by atoms with Crippen molar-refractivity contribution >= 4 is 11.8 Å². The Labute approximate surface area is 128 Å². The average Bonchev–Trinajstić information content (AvgIpc) is 2.46. The first-order valence-corrected chi connectivity index (χ1v) is 8.77. The van der Waals surface area contributed by atoms with E-state index in [9.17, 15) is 0 Å². The second kappa shape index (κ2) is 10.1. The molecule has 2 nitrogen and oxygen atoms in total. The number of methoxy groups -OCH3 is 1. The summed E-state index contributed by atoms with van der Waals surface area (Å²) in [5.41, 5.74) is 1.38. The van der Waals surface area contributed by atoms with E-state index in [1.807, 2.05) is 23.9 Å². The number of hydrogen-bond donors (Lipinski definition) is 1. The van der Waals surface area contributed by atoms with E-state index in [1.54, 1.807) is 7.11 Å². The number of thioether (sulfide) groups is 1. The molecule has 1 aromatic rings. The first-order valence-electron chi connectivity index (χ1n) is 7.62. The first-order chi connectivity index (χ1) is 9.65. The summed E-state index contributed by atoms with van der Waals surface area (Å²) in [5.74, 6) is 3.41. The van der Waals surface area contributed by atoms with Crippen LogP contribution in [-0.4, -0.2) is 30.7 Å². The molecule has 0 amide bonds. The zero-order valence-corrected chi connectivity index (χ0v) is 14.1. The quantitative estimate of drug-likeness (QED) is 0.656. The second-order valence-corrected chi connectivity index (χ2v) is 6.73. The molecule has 20 heavy (non-hydrogen) atoms. The number of aryl methyl sites for hydroxylation is 1. The van der Waals surface area contributed by atoms with Gasteiger partial charge in [-0.1, -0.05) is 19.1 Å². The Bertz CT molecular complexity index is 353. The third-order valence-corrected chi connectivity index (χ3v) is 4.43. The zero-order valence-electron chi connectivity index (χ0n) is 13.3. The van der Waals surface area contributed by atoms with Crippen molar-refractivity contribution in [2.75, 3.05) is 18.6 Å². The lowest BCUT2D eigenvalue weighted by atomic mass is 10.1. The Morgan fingerprint density at radius 2 is 1.75 bits per heavy atom. The second-order valence-electron chi connectivity index (χ2n) is 5.34. The summed E-state index contributed by atoms with van der Waals surface area (Å²) in [6.45, 7) is 6.80. The van der Waals surface area contributed by atoms with E-state index in [1.165, 1.54) is 29.9 Å². The Morgan fingerprint density at radius 3 is 2.35 bits per heavy atom. The van der Waals surface area contributed by atoms with Gasteiger partial charge in [-0.3, -0.25) is 0 Å². The van der Waals surface area contributed by atoms with Crippen LogP contribution in [0.4, 0.5) is 0 Å². The van der Waals surface area contributed by atoms with Crippen molar-refractivity contribution in [1.29, 1.82) is 0 Å². The largest absolute Gasteiger partial charge is 0.497 e. The fourth-order valence-corrected chi connectivity index (χ4v) is 3.04. The summed E-state index contributed by atoms with van der Waals surface area (Å²) >= 11 is 2.03. The molecular weight excluding hydrogens is 266 g/mol. The van der Waals surface area contributed by atoms with E-state index in [4.69, 9.17) is 4.74 Å². The molecule has 1 rings (SSSR count). The number of hydrogen-bond acceptors (Lipinski definition) is 3.